The Kier molecular flexibility index (Phi) is 4.48. The Labute approximate surface area is 131 Å². The van der Waals surface area contributed by atoms with Crippen molar-refractivity contribution in [1.82, 2.24) is 0 Å². The molecule has 0 saturated carbocycles. The fourth-order valence-corrected chi connectivity index (χ4v) is 2.36. The van der Waals surface area contributed by atoms with E-state index in [0.29, 0.717) is 17.3 Å². The standard InChI is InChI=1S/C18H22ClNO/c1-12-9-14(18(2,3)4)6-8-17(12)21-11-13-5-7-15(20)10-16(13)19/h5-10H,11,20H2,1-4H3. The molecule has 2 rings (SSSR count). The monoisotopic (exact) mass is 303 g/mol. The van der Waals surface area contributed by atoms with Crippen LogP contribution in [-0.2, 0) is 12.0 Å². The number of hydrogen-bond donors (Lipinski definition) is 1. The third kappa shape index (κ3) is 3.92. The lowest BCUT2D eigenvalue weighted by Crippen LogP contribution is -2.11. The van der Waals surface area contributed by atoms with Gasteiger partial charge in [0.1, 0.15) is 12.4 Å². The minimum Gasteiger partial charge on any atom is -0.489 e. The van der Waals surface area contributed by atoms with Gasteiger partial charge in [0.15, 0.2) is 0 Å². The largest absolute Gasteiger partial charge is 0.489 e. The van der Waals surface area contributed by atoms with Crippen LogP contribution in [0.15, 0.2) is 36.4 Å². The van der Waals surface area contributed by atoms with Gasteiger partial charge in [-0.15, -0.1) is 0 Å². The van der Waals surface area contributed by atoms with Gasteiger partial charge >= 0.3 is 0 Å². The summed E-state index contributed by atoms with van der Waals surface area (Å²) in [4.78, 5) is 0. The summed E-state index contributed by atoms with van der Waals surface area (Å²) in [5, 5.41) is 0.638. The summed E-state index contributed by atoms with van der Waals surface area (Å²) in [6.45, 7) is 9.12. The Balaban J connectivity index is 2.13. The zero-order chi connectivity index (χ0) is 15.6. The highest BCUT2D eigenvalue weighted by Gasteiger charge is 2.14. The van der Waals surface area contributed by atoms with E-state index in [2.05, 4.69) is 39.8 Å². The second kappa shape index (κ2) is 5.98. The van der Waals surface area contributed by atoms with Gasteiger partial charge in [0, 0.05) is 16.3 Å². The molecular weight excluding hydrogens is 282 g/mol. The van der Waals surface area contributed by atoms with E-state index in [9.17, 15) is 0 Å². The highest BCUT2D eigenvalue weighted by Crippen LogP contribution is 2.28. The second-order valence-corrected chi connectivity index (χ2v) is 6.78. The summed E-state index contributed by atoms with van der Waals surface area (Å²) >= 11 is 6.16. The number of nitrogens with two attached hydrogens (primary N) is 1. The zero-order valence-corrected chi connectivity index (χ0v) is 13.8. The number of ether oxygens (including phenoxy) is 1. The molecule has 2 aromatic carbocycles. The zero-order valence-electron chi connectivity index (χ0n) is 13.0. The maximum atomic E-state index is 6.16. The lowest BCUT2D eigenvalue weighted by atomic mass is 9.86. The van der Waals surface area contributed by atoms with E-state index in [0.717, 1.165) is 16.9 Å². The highest BCUT2D eigenvalue weighted by atomic mass is 35.5. The first-order valence-electron chi connectivity index (χ1n) is 7.05. The lowest BCUT2D eigenvalue weighted by Gasteiger charge is -2.20. The topological polar surface area (TPSA) is 35.2 Å². The van der Waals surface area contributed by atoms with Crippen molar-refractivity contribution in [2.75, 3.05) is 5.73 Å². The molecule has 0 heterocycles. The molecule has 2 nitrogen and oxygen atoms in total. The molecule has 0 unspecified atom stereocenters. The quantitative estimate of drug-likeness (QED) is 0.800. The van der Waals surface area contributed by atoms with E-state index in [1.54, 1.807) is 6.07 Å². The Morgan fingerprint density at radius 1 is 1.10 bits per heavy atom. The minimum absolute atomic E-state index is 0.142. The molecular formula is C18H22ClNO. The van der Waals surface area contributed by atoms with Gasteiger partial charge in [-0.05, 0) is 41.7 Å². The molecule has 2 N–H and O–H groups in total. The van der Waals surface area contributed by atoms with E-state index >= 15 is 0 Å². The molecule has 0 amide bonds. The molecule has 0 aliphatic rings. The van der Waals surface area contributed by atoms with Crippen LogP contribution in [-0.4, -0.2) is 0 Å². The second-order valence-electron chi connectivity index (χ2n) is 6.37. The first kappa shape index (κ1) is 15.7. The van der Waals surface area contributed by atoms with Gasteiger partial charge < -0.3 is 10.5 Å². The van der Waals surface area contributed by atoms with Gasteiger partial charge in [-0.25, -0.2) is 0 Å². The molecule has 0 aliphatic carbocycles. The van der Waals surface area contributed by atoms with Gasteiger partial charge in [-0.3, -0.25) is 0 Å². The first-order chi connectivity index (χ1) is 9.77. The number of benzene rings is 2. The van der Waals surface area contributed by atoms with Crippen LogP contribution in [0.5, 0.6) is 5.75 Å². The van der Waals surface area contributed by atoms with Gasteiger partial charge in [-0.2, -0.15) is 0 Å². The van der Waals surface area contributed by atoms with E-state index in [1.807, 2.05) is 18.2 Å². The Bertz CT molecular complexity index is 644. The van der Waals surface area contributed by atoms with E-state index < -0.39 is 0 Å². The molecule has 0 aliphatic heterocycles. The van der Waals surface area contributed by atoms with Gasteiger partial charge in [0.05, 0.1) is 0 Å². The van der Waals surface area contributed by atoms with Crippen molar-refractivity contribution in [2.24, 2.45) is 0 Å². The Morgan fingerprint density at radius 3 is 2.38 bits per heavy atom. The van der Waals surface area contributed by atoms with E-state index in [-0.39, 0.29) is 5.41 Å². The van der Waals surface area contributed by atoms with E-state index in [1.165, 1.54) is 5.56 Å². The summed E-state index contributed by atoms with van der Waals surface area (Å²) in [6, 6.07) is 11.8. The van der Waals surface area contributed by atoms with Crippen LogP contribution >= 0.6 is 11.6 Å². The van der Waals surface area contributed by atoms with Crippen molar-refractivity contribution in [3.8, 4) is 5.75 Å². The molecule has 0 radical (unpaired) electrons. The average Bonchev–Trinajstić information content (AvgIpc) is 2.38. The van der Waals surface area contributed by atoms with Crippen molar-refractivity contribution in [2.45, 2.75) is 39.7 Å². The number of halogens is 1. The summed E-state index contributed by atoms with van der Waals surface area (Å²) < 4.78 is 5.89. The summed E-state index contributed by atoms with van der Waals surface area (Å²) in [6.07, 6.45) is 0. The maximum Gasteiger partial charge on any atom is 0.122 e. The fraction of sp³-hybridized carbons (Fsp3) is 0.333. The molecule has 112 valence electrons. The third-order valence-corrected chi connectivity index (χ3v) is 3.85. The number of rotatable bonds is 3. The number of aryl methyl sites for hydroxylation is 1. The minimum atomic E-state index is 0.142. The molecule has 0 saturated heterocycles. The Morgan fingerprint density at radius 2 is 1.81 bits per heavy atom. The van der Waals surface area contributed by atoms with Gasteiger partial charge in [-0.1, -0.05) is 50.6 Å². The van der Waals surface area contributed by atoms with Crippen LogP contribution in [0.4, 0.5) is 5.69 Å². The summed E-state index contributed by atoms with van der Waals surface area (Å²) in [5.41, 5.74) is 9.87. The third-order valence-electron chi connectivity index (χ3n) is 3.50. The molecule has 2 aromatic rings. The van der Waals surface area contributed by atoms with Crippen LogP contribution < -0.4 is 10.5 Å². The first-order valence-corrected chi connectivity index (χ1v) is 7.43. The predicted molar refractivity (Wildman–Crippen MR) is 90.1 cm³/mol. The molecule has 21 heavy (non-hydrogen) atoms. The predicted octanol–water partition coefficient (Wildman–Crippen LogP) is 5.11. The number of hydrogen-bond acceptors (Lipinski definition) is 2. The summed E-state index contributed by atoms with van der Waals surface area (Å²) in [7, 11) is 0. The fourth-order valence-electron chi connectivity index (χ4n) is 2.11. The van der Waals surface area contributed by atoms with Crippen molar-refractivity contribution in [3.05, 3.63) is 58.1 Å². The van der Waals surface area contributed by atoms with Crippen LogP contribution in [0.3, 0.4) is 0 Å². The number of anilines is 1. The van der Waals surface area contributed by atoms with Crippen LogP contribution in [0.2, 0.25) is 5.02 Å². The van der Waals surface area contributed by atoms with Crippen LogP contribution in [0, 0.1) is 6.92 Å². The lowest BCUT2D eigenvalue weighted by molar-refractivity contribution is 0.304. The molecule has 0 aromatic heterocycles. The van der Waals surface area contributed by atoms with Crippen LogP contribution in [0.25, 0.3) is 0 Å². The molecule has 0 spiro atoms. The molecule has 0 atom stereocenters. The van der Waals surface area contributed by atoms with E-state index in [4.69, 9.17) is 22.1 Å². The van der Waals surface area contributed by atoms with Crippen molar-refractivity contribution >= 4 is 17.3 Å². The normalized spacial score (nSPS) is 11.5. The van der Waals surface area contributed by atoms with Crippen molar-refractivity contribution < 1.29 is 4.74 Å². The highest BCUT2D eigenvalue weighted by molar-refractivity contribution is 6.31. The number of nitrogen functional groups attached to an aromatic ring is 1. The molecule has 0 bridgehead atoms. The van der Waals surface area contributed by atoms with Crippen molar-refractivity contribution in [3.63, 3.8) is 0 Å². The SMILES string of the molecule is Cc1cc(C(C)(C)C)ccc1OCc1ccc(N)cc1Cl. The average molecular weight is 304 g/mol. The van der Waals surface area contributed by atoms with Crippen LogP contribution in [0.1, 0.15) is 37.5 Å². The molecule has 3 heteroatoms. The smallest absolute Gasteiger partial charge is 0.122 e. The molecule has 0 fully saturated rings. The van der Waals surface area contributed by atoms with Gasteiger partial charge in [0.25, 0.3) is 0 Å². The Hall–Kier alpha value is -1.67. The van der Waals surface area contributed by atoms with Crippen molar-refractivity contribution in [1.29, 1.82) is 0 Å². The maximum absolute atomic E-state index is 6.16. The summed E-state index contributed by atoms with van der Waals surface area (Å²) in [5.74, 6) is 0.885. The van der Waals surface area contributed by atoms with Gasteiger partial charge in [0.2, 0.25) is 0 Å².